The highest BCUT2D eigenvalue weighted by molar-refractivity contribution is 5.95. The lowest BCUT2D eigenvalue weighted by Gasteiger charge is -2.08. The van der Waals surface area contributed by atoms with Gasteiger partial charge in [0.25, 0.3) is 5.91 Å². The van der Waals surface area contributed by atoms with Gasteiger partial charge in [0.15, 0.2) is 0 Å². The number of rotatable bonds is 11. The molecule has 0 aliphatic heterocycles. The molecule has 3 nitrogen and oxygen atoms in total. The van der Waals surface area contributed by atoms with Crippen molar-refractivity contribution in [3.05, 3.63) is 64.3 Å². The van der Waals surface area contributed by atoms with Crippen LogP contribution < -0.4 is 5.32 Å². The van der Waals surface area contributed by atoms with Crippen molar-refractivity contribution >= 4 is 12.0 Å². The topological polar surface area (TPSA) is 49.3 Å². The molecule has 1 aromatic carbocycles. The van der Waals surface area contributed by atoms with Crippen LogP contribution >= 0.6 is 0 Å². The highest BCUT2D eigenvalue weighted by Gasteiger charge is 2.08. The summed E-state index contributed by atoms with van der Waals surface area (Å²) >= 11 is 0. The van der Waals surface area contributed by atoms with Crippen LogP contribution in [0.25, 0.3) is 6.08 Å². The van der Waals surface area contributed by atoms with Crippen LogP contribution in [0.2, 0.25) is 0 Å². The molecule has 3 heteroatoms. The van der Waals surface area contributed by atoms with Gasteiger partial charge < -0.3 is 10.4 Å². The van der Waals surface area contributed by atoms with E-state index in [0.29, 0.717) is 5.56 Å². The molecule has 0 aliphatic carbocycles. The second kappa shape index (κ2) is 12.3. The Morgan fingerprint density at radius 1 is 1.15 bits per heavy atom. The molecule has 1 aromatic rings. The first-order valence-electron chi connectivity index (χ1n) is 9.80. The average molecular weight is 370 g/mol. The van der Waals surface area contributed by atoms with E-state index < -0.39 is 0 Å². The second-order valence-electron chi connectivity index (χ2n) is 7.44. The molecule has 0 heterocycles. The number of aliphatic hydroxyl groups excluding tert-OH is 1. The predicted molar refractivity (Wildman–Crippen MR) is 116 cm³/mol. The monoisotopic (exact) mass is 369 g/mol. The molecule has 0 radical (unpaired) electrons. The van der Waals surface area contributed by atoms with Gasteiger partial charge in [0.2, 0.25) is 0 Å². The first kappa shape index (κ1) is 22.9. The highest BCUT2D eigenvalue weighted by atomic mass is 16.3. The summed E-state index contributed by atoms with van der Waals surface area (Å²) in [6, 6.07) is 5.87. The number of aryl methyl sites for hydroxylation is 1. The van der Waals surface area contributed by atoms with Gasteiger partial charge in [-0.1, -0.05) is 41.0 Å². The van der Waals surface area contributed by atoms with Gasteiger partial charge in [-0.2, -0.15) is 0 Å². The molecule has 0 atom stereocenters. The lowest BCUT2D eigenvalue weighted by Crippen LogP contribution is -2.26. The van der Waals surface area contributed by atoms with E-state index >= 15 is 0 Å². The Labute approximate surface area is 164 Å². The molecule has 0 aromatic heterocycles. The van der Waals surface area contributed by atoms with Gasteiger partial charge in [0.05, 0.1) is 6.61 Å². The maximum atomic E-state index is 12.0. The van der Waals surface area contributed by atoms with Crippen LogP contribution in [-0.2, 0) is 0 Å². The van der Waals surface area contributed by atoms with Gasteiger partial charge in [-0.3, -0.25) is 4.79 Å². The van der Waals surface area contributed by atoms with Crippen molar-refractivity contribution in [3.8, 4) is 0 Å². The molecular weight excluding hydrogens is 334 g/mol. The van der Waals surface area contributed by atoms with Crippen LogP contribution in [0.15, 0.2) is 47.6 Å². The summed E-state index contributed by atoms with van der Waals surface area (Å²) in [5, 5.41) is 11.5. The van der Waals surface area contributed by atoms with E-state index in [2.05, 4.69) is 44.8 Å². The van der Waals surface area contributed by atoms with E-state index in [9.17, 15) is 4.79 Å². The van der Waals surface area contributed by atoms with Gasteiger partial charge >= 0.3 is 0 Å². The van der Waals surface area contributed by atoms with Crippen molar-refractivity contribution in [1.29, 1.82) is 0 Å². The number of amides is 1. The number of allylic oxidation sites excluding steroid dienone is 4. The summed E-state index contributed by atoms with van der Waals surface area (Å²) in [5.74, 6) is -0.138. The molecule has 0 fully saturated rings. The second-order valence-corrected chi connectivity index (χ2v) is 7.44. The Kier molecular flexibility index (Phi) is 10.4. The van der Waals surface area contributed by atoms with E-state index in [1.165, 1.54) is 23.1 Å². The third-order valence-electron chi connectivity index (χ3n) is 4.51. The smallest absolute Gasteiger partial charge is 0.251 e. The number of aliphatic hydroxyl groups is 1. The van der Waals surface area contributed by atoms with Gasteiger partial charge in [-0.05, 0) is 77.0 Å². The van der Waals surface area contributed by atoms with Crippen molar-refractivity contribution in [3.63, 3.8) is 0 Å². The number of carbonyl (C=O) groups excluding carboxylic acids is 1. The predicted octanol–water partition coefficient (Wildman–Crippen LogP) is 5.59. The van der Waals surface area contributed by atoms with Crippen LogP contribution in [0.5, 0.6) is 0 Å². The summed E-state index contributed by atoms with van der Waals surface area (Å²) in [4.78, 5) is 12.0. The summed E-state index contributed by atoms with van der Waals surface area (Å²) in [5.41, 5.74) is 6.77. The fourth-order valence-electron chi connectivity index (χ4n) is 2.97. The first-order chi connectivity index (χ1) is 12.8. The number of nitrogens with one attached hydrogen (secondary N) is 1. The standard InChI is InChI=1S/C24H35NO2/c1-18(2)8-6-9-19(3)10-7-11-20(4)16-22-12-13-23(21(5)17-22)24(27)25-14-15-26/h10,12-13,16-17,26H,1,6-9,11,14-15H2,2-5H3,(H,25,27). The van der Waals surface area contributed by atoms with Gasteiger partial charge in [-0.25, -0.2) is 0 Å². The van der Waals surface area contributed by atoms with Gasteiger partial charge in [0.1, 0.15) is 0 Å². The van der Waals surface area contributed by atoms with Crippen LogP contribution in [0.4, 0.5) is 0 Å². The van der Waals surface area contributed by atoms with Crippen LogP contribution in [0.1, 0.15) is 74.4 Å². The zero-order chi connectivity index (χ0) is 20.2. The van der Waals surface area contributed by atoms with Crippen molar-refractivity contribution < 1.29 is 9.90 Å². The third kappa shape index (κ3) is 9.39. The van der Waals surface area contributed by atoms with E-state index in [-0.39, 0.29) is 19.1 Å². The zero-order valence-electron chi connectivity index (χ0n) is 17.4. The number of carbonyl (C=O) groups is 1. The van der Waals surface area contributed by atoms with E-state index in [1.807, 2.05) is 25.1 Å². The lowest BCUT2D eigenvalue weighted by molar-refractivity contribution is 0.0944. The normalized spacial score (nSPS) is 12.2. The molecule has 0 spiro atoms. The summed E-state index contributed by atoms with van der Waals surface area (Å²) in [7, 11) is 0. The lowest BCUT2D eigenvalue weighted by atomic mass is 10.0. The zero-order valence-corrected chi connectivity index (χ0v) is 17.4. The number of benzene rings is 1. The Hall–Kier alpha value is -2.13. The molecule has 148 valence electrons. The molecule has 0 bridgehead atoms. The minimum atomic E-state index is -0.138. The van der Waals surface area contributed by atoms with Gasteiger partial charge in [0, 0.05) is 12.1 Å². The summed E-state index contributed by atoms with van der Waals surface area (Å²) in [6.45, 7) is 12.6. The Bertz CT molecular complexity index is 698. The number of hydrogen-bond acceptors (Lipinski definition) is 2. The number of hydrogen-bond donors (Lipinski definition) is 2. The highest BCUT2D eigenvalue weighted by Crippen LogP contribution is 2.17. The first-order valence-corrected chi connectivity index (χ1v) is 9.80. The Morgan fingerprint density at radius 2 is 1.89 bits per heavy atom. The molecule has 0 saturated carbocycles. The molecule has 0 unspecified atom stereocenters. The quantitative estimate of drug-likeness (QED) is 0.499. The Balaban J connectivity index is 2.58. The molecular formula is C24H35NO2. The minimum Gasteiger partial charge on any atom is -0.395 e. The van der Waals surface area contributed by atoms with Crippen LogP contribution in [0, 0.1) is 6.92 Å². The fraction of sp³-hybridized carbons (Fsp3) is 0.458. The molecule has 2 N–H and O–H groups in total. The maximum absolute atomic E-state index is 12.0. The Morgan fingerprint density at radius 3 is 2.52 bits per heavy atom. The maximum Gasteiger partial charge on any atom is 0.251 e. The minimum absolute atomic E-state index is 0.0490. The molecule has 27 heavy (non-hydrogen) atoms. The molecule has 1 rings (SSSR count). The van der Waals surface area contributed by atoms with Crippen molar-refractivity contribution in [2.24, 2.45) is 0 Å². The van der Waals surface area contributed by atoms with Gasteiger partial charge in [-0.15, -0.1) is 6.58 Å². The third-order valence-corrected chi connectivity index (χ3v) is 4.51. The van der Waals surface area contributed by atoms with Crippen molar-refractivity contribution in [1.82, 2.24) is 5.32 Å². The van der Waals surface area contributed by atoms with Crippen LogP contribution in [-0.4, -0.2) is 24.2 Å². The summed E-state index contributed by atoms with van der Waals surface area (Å²) in [6.07, 6.45) is 10.1. The largest absolute Gasteiger partial charge is 0.395 e. The SMILES string of the molecule is C=C(C)CCCC(C)=CCCC(C)=Cc1ccc(C(=O)NCCO)c(C)c1. The van der Waals surface area contributed by atoms with E-state index in [0.717, 1.165) is 36.8 Å². The van der Waals surface area contributed by atoms with Crippen molar-refractivity contribution in [2.45, 2.75) is 59.8 Å². The van der Waals surface area contributed by atoms with E-state index in [1.54, 1.807) is 0 Å². The molecule has 1 amide bonds. The van der Waals surface area contributed by atoms with Crippen molar-refractivity contribution in [2.75, 3.05) is 13.2 Å². The summed E-state index contributed by atoms with van der Waals surface area (Å²) < 4.78 is 0. The van der Waals surface area contributed by atoms with E-state index in [4.69, 9.17) is 5.11 Å². The average Bonchev–Trinajstić information content (AvgIpc) is 2.59. The molecule has 0 aliphatic rings. The fourth-order valence-corrected chi connectivity index (χ4v) is 2.97. The molecule has 0 saturated heterocycles. The van der Waals surface area contributed by atoms with Crippen LogP contribution in [0.3, 0.4) is 0 Å².